The van der Waals surface area contributed by atoms with Crippen molar-refractivity contribution in [3.63, 3.8) is 0 Å². The summed E-state index contributed by atoms with van der Waals surface area (Å²) in [4.78, 5) is 26.3. The summed E-state index contributed by atoms with van der Waals surface area (Å²) in [7, 11) is 0. The standard InChI is InChI=1S/C16H31N3O2/c1-12(2)15(21)19-11-7-6-8-13(19)14(20)17-9-10-18-16(3,4)5/h12-13,18H,6-11H2,1-5H3,(H,17,20)/t13-/m0/s1. The number of nitrogens with one attached hydrogen (secondary N) is 2. The summed E-state index contributed by atoms with van der Waals surface area (Å²) in [6.07, 6.45) is 2.78. The molecular weight excluding hydrogens is 266 g/mol. The first-order valence-corrected chi connectivity index (χ1v) is 8.05. The lowest BCUT2D eigenvalue weighted by molar-refractivity contribution is -0.144. The molecule has 0 spiro atoms. The number of carbonyl (C=O) groups excluding carboxylic acids is 2. The Bertz CT molecular complexity index is 361. The number of hydrogen-bond acceptors (Lipinski definition) is 3. The third-order valence-electron chi connectivity index (χ3n) is 3.66. The minimum atomic E-state index is -0.289. The number of rotatable bonds is 5. The molecule has 1 aliphatic heterocycles. The number of hydrogen-bond donors (Lipinski definition) is 2. The quantitative estimate of drug-likeness (QED) is 0.757. The van der Waals surface area contributed by atoms with Crippen molar-refractivity contribution in [2.24, 2.45) is 5.92 Å². The van der Waals surface area contributed by atoms with Gasteiger partial charge in [0.05, 0.1) is 0 Å². The van der Waals surface area contributed by atoms with Crippen LogP contribution in [0.4, 0.5) is 0 Å². The molecule has 0 aromatic heterocycles. The highest BCUT2D eigenvalue weighted by molar-refractivity contribution is 5.88. The summed E-state index contributed by atoms with van der Waals surface area (Å²) in [5, 5.41) is 6.29. The normalized spacial score (nSPS) is 19.7. The summed E-state index contributed by atoms with van der Waals surface area (Å²) in [5.41, 5.74) is 0.0508. The van der Waals surface area contributed by atoms with Crippen molar-refractivity contribution in [2.45, 2.75) is 65.5 Å². The molecule has 2 amide bonds. The van der Waals surface area contributed by atoms with Gasteiger partial charge in [-0.3, -0.25) is 9.59 Å². The Kier molecular flexibility index (Phi) is 6.65. The average Bonchev–Trinajstić information content (AvgIpc) is 2.41. The molecule has 0 aromatic carbocycles. The Morgan fingerprint density at radius 3 is 2.43 bits per heavy atom. The van der Waals surface area contributed by atoms with Gasteiger partial charge < -0.3 is 15.5 Å². The van der Waals surface area contributed by atoms with Crippen molar-refractivity contribution >= 4 is 11.8 Å². The molecule has 0 bridgehead atoms. The summed E-state index contributed by atoms with van der Waals surface area (Å²) < 4.78 is 0. The number of likely N-dealkylation sites (tertiary alicyclic amines) is 1. The fourth-order valence-electron chi connectivity index (χ4n) is 2.54. The maximum Gasteiger partial charge on any atom is 0.242 e. The average molecular weight is 297 g/mol. The smallest absolute Gasteiger partial charge is 0.242 e. The van der Waals surface area contributed by atoms with Gasteiger partial charge in [-0.15, -0.1) is 0 Å². The van der Waals surface area contributed by atoms with Gasteiger partial charge in [0.15, 0.2) is 0 Å². The highest BCUT2D eigenvalue weighted by Crippen LogP contribution is 2.19. The Labute approximate surface area is 128 Å². The minimum Gasteiger partial charge on any atom is -0.353 e. The molecule has 1 fully saturated rings. The zero-order valence-corrected chi connectivity index (χ0v) is 14.2. The first-order chi connectivity index (χ1) is 9.72. The van der Waals surface area contributed by atoms with E-state index in [2.05, 4.69) is 31.4 Å². The topological polar surface area (TPSA) is 61.4 Å². The van der Waals surface area contributed by atoms with Crippen LogP contribution in [0.25, 0.3) is 0 Å². The highest BCUT2D eigenvalue weighted by atomic mass is 16.2. The fraction of sp³-hybridized carbons (Fsp3) is 0.875. The lowest BCUT2D eigenvalue weighted by atomic mass is 9.99. The number of nitrogens with zero attached hydrogens (tertiary/aromatic N) is 1. The number of piperidine rings is 1. The molecule has 1 rings (SSSR count). The monoisotopic (exact) mass is 297 g/mol. The summed E-state index contributed by atoms with van der Waals surface area (Å²) >= 11 is 0. The zero-order chi connectivity index (χ0) is 16.0. The van der Waals surface area contributed by atoms with Gasteiger partial charge in [0.1, 0.15) is 6.04 Å². The SMILES string of the molecule is CC(C)C(=O)N1CCCC[C@H]1C(=O)NCCNC(C)(C)C. The predicted octanol–water partition coefficient (Wildman–Crippen LogP) is 1.53. The second-order valence-corrected chi connectivity index (χ2v) is 7.17. The van der Waals surface area contributed by atoms with E-state index in [0.29, 0.717) is 13.1 Å². The van der Waals surface area contributed by atoms with E-state index in [4.69, 9.17) is 0 Å². The largest absolute Gasteiger partial charge is 0.353 e. The second-order valence-electron chi connectivity index (χ2n) is 7.17. The van der Waals surface area contributed by atoms with Gasteiger partial charge in [0.2, 0.25) is 11.8 Å². The van der Waals surface area contributed by atoms with Gasteiger partial charge in [-0.25, -0.2) is 0 Å². The van der Waals surface area contributed by atoms with Gasteiger partial charge in [-0.2, -0.15) is 0 Å². The van der Waals surface area contributed by atoms with Gasteiger partial charge >= 0.3 is 0 Å². The van der Waals surface area contributed by atoms with Crippen molar-refractivity contribution in [3.8, 4) is 0 Å². The Hall–Kier alpha value is -1.10. The van der Waals surface area contributed by atoms with E-state index >= 15 is 0 Å². The van der Waals surface area contributed by atoms with Crippen molar-refractivity contribution in [1.29, 1.82) is 0 Å². The molecule has 0 saturated carbocycles. The van der Waals surface area contributed by atoms with Gasteiger partial charge in [-0.05, 0) is 40.0 Å². The van der Waals surface area contributed by atoms with E-state index in [-0.39, 0.29) is 29.3 Å². The van der Waals surface area contributed by atoms with Gasteiger partial charge in [-0.1, -0.05) is 13.8 Å². The Morgan fingerprint density at radius 1 is 1.19 bits per heavy atom. The first kappa shape index (κ1) is 18.0. The lowest BCUT2D eigenvalue weighted by Crippen LogP contribution is -2.54. The zero-order valence-electron chi connectivity index (χ0n) is 14.2. The van der Waals surface area contributed by atoms with Gasteiger partial charge in [0, 0.05) is 31.1 Å². The van der Waals surface area contributed by atoms with Gasteiger partial charge in [0.25, 0.3) is 0 Å². The van der Waals surface area contributed by atoms with E-state index in [9.17, 15) is 9.59 Å². The van der Waals surface area contributed by atoms with E-state index in [1.807, 2.05) is 13.8 Å². The molecule has 0 aromatic rings. The van der Waals surface area contributed by atoms with Crippen LogP contribution >= 0.6 is 0 Å². The first-order valence-electron chi connectivity index (χ1n) is 8.05. The molecule has 1 saturated heterocycles. The van der Waals surface area contributed by atoms with Crippen LogP contribution in [0.5, 0.6) is 0 Å². The summed E-state index contributed by atoms with van der Waals surface area (Å²) in [6.45, 7) is 12.1. The lowest BCUT2D eigenvalue weighted by Gasteiger charge is -2.36. The van der Waals surface area contributed by atoms with Crippen LogP contribution in [0.3, 0.4) is 0 Å². The molecule has 1 atom stereocenters. The number of carbonyl (C=O) groups is 2. The molecule has 1 aliphatic rings. The van der Waals surface area contributed by atoms with Crippen molar-refractivity contribution in [2.75, 3.05) is 19.6 Å². The highest BCUT2D eigenvalue weighted by Gasteiger charge is 2.32. The van der Waals surface area contributed by atoms with Crippen molar-refractivity contribution < 1.29 is 9.59 Å². The van der Waals surface area contributed by atoms with Crippen LogP contribution in [-0.2, 0) is 9.59 Å². The van der Waals surface area contributed by atoms with Crippen LogP contribution in [0.1, 0.15) is 53.9 Å². The molecule has 5 nitrogen and oxygen atoms in total. The van der Waals surface area contributed by atoms with Crippen molar-refractivity contribution in [1.82, 2.24) is 15.5 Å². The Balaban J connectivity index is 2.48. The van der Waals surface area contributed by atoms with E-state index < -0.39 is 0 Å². The second kappa shape index (κ2) is 7.78. The van der Waals surface area contributed by atoms with Crippen LogP contribution in [-0.4, -0.2) is 47.9 Å². The summed E-state index contributed by atoms with van der Waals surface area (Å²) in [6, 6.07) is -0.289. The summed E-state index contributed by atoms with van der Waals surface area (Å²) in [5.74, 6) is 0.0167. The molecular formula is C16H31N3O2. The van der Waals surface area contributed by atoms with E-state index in [1.54, 1.807) is 4.90 Å². The van der Waals surface area contributed by atoms with Crippen LogP contribution in [0.2, 0.25) is 0 Å². The maximum atomic E-state index is 12.3. The molecule has 0 radical (unpaired) electrons. The molecule has 21 heavy (non-hydrogen) atoms. The third kappa shape index (κ3) is 6.04. The number of amides is 2. The molecule has 0 aliphatic carbocycles. The molecule has 1 heterocycles. The fourth-order valence-corrected chi connectivity index (χ4v) is 2.54. The molecule has 5 heteroatoms. The van der Waals surface area contributed by atoms with Crippen LogP contribution < -0.4 is 10.6 Å². The minimum absolute atomic E-state index is 0.0144. The van der Waals surface area contributed by atoms with E-state index in [0.717, 1.165) is 25.8 Å². The van der Waals surface area contributed by atoms with Crippen LogP contribution in [0.15, 0.2) is 0 Å². The molecule has 122 valence electrons. The maximum absolute atomic E-state index is 12.3. The molecule has 2 N–H and O–H groups in total. The third-order valence-corrected chi connectivity index (χ3v) is 3.66. The molecule has 0 unspecified atom stereocenters. The Morgan fingerprint density at radius 2 is 1.86 bits per heavy atom. The van der Waals surface area contributed by atoms with Crippen molar-refractivity contribution in [3.05, 3.63) is 0 Å². The van der Waals surface area contributed by atoms with E-state index in [1.165, 1.54) is 0 Å². The predicted molar refractivity (Wildman–Crippen MR) is 85.0 cm³/mol. The van der Waals surface area contributed by atoms with Crippen LogP contribution in [0, 0.1) is 5.92 Å².